The van der Waals surface area contributed by atoms with E-state index >= 15 is 0 Å². The lowest BCUT2D eigenvalue weighted by Crippen LogP contribution is -2.36. The molecule has 1 heterocycles. The SMILES string of the molecule is Cl.NCCN(CCc1ccccc1)C(=O)c1ccc(C2SCCS2)cc1. The van der Waals surface area contributed by atoms with E-state index in [4.69, 9.17) is 5.73 Å². The first-order valence-corrected chi connectivity index (χ1v) is 10.7. The zero-order valence-electron chi connectivity index (χ0n) is 14.7. The van der Waals surface area contributed by atoms with Crippen molar-refractivity contribution < 1.29 is 4.79 Å². The number of nitrogens with zero attached hydrogens (tertiary/aromatic N) is 1. The molecule has 6 heteroatoms. The standard InChI is InChI=1S/C20H24N2OS2.ClH/c21-11-13-22(12-10-16-4-2-1-3-5-16)19(23)17-6-8-18(9-7-17)20-24-14-15-25-20;/h1-9,20H,10-15,21H2;1H. The van der Waals surface area contributed by atoms with Crippen LogP contribution >= 0.6 is 35.9 Å². The number of amides is 1. The van der Waals surface area contributed by atoms with Crippen molar-refractivity contribution in [3.63, 3.8) is 0 Å². The van der Waals surface area contributed by atoms with Gasteiger partial charge in [-0.3, -0.25) is 4.79 Å². The van der Waals surface area contributed by atoms with Crippen molar-refractivity contribution in [2.75, 3.05) is 31.1 Å². The normalized spacial score (nSPS) is 14.0. The predicted octanol–water partition coefficient (Wildman–Crippen LogP) is 4.23. The summed E-state index contributed by atoms with van der Waals surface area (Å²) in [6, 6.07) is 18.4. The lowest BCUT2D eigenvalue weighted by molar-refractivity contribution is 0.0762. The molecule has 2 N–H and O–H groups in total. The van der Waals surface area contributed by atoms with Gasteiger partial charge in [0.15, 0.2) is 0 Å². The molecule has 1 aliphatic heterocycles. The molecule has 1 aliphatic rings. The monoisotopic (exact) mass is 408 g/mol. The van der Waals surface area contributed by atoms with Crippen molar-refractivity contribution in [1.82, 2.24) is 4.90 Å². The summed E-state index contributed by atoms with van der Waals surface area (Å²) in [6.45, 7) is 1.76. The van der Waals surface area contributed by atoms with E-state index in [-0.39, 0.29) is 18.3 Å². The van der Waals surface area contributed by atoms with E-state index in [0.717, 1.165) is 12.0 Å². The maximum atomic E-state index is 12.8. The molecule has 3 rings (SSSR count). The number of hydrogen-bond acceptors (Lipinski definition) is 4. The minimum atomic E-state index is 0. The van der Waals surface area contributed by atoms with Crippen LogP contribution in [0.1, 0.15) is 26.1 Å². The van der Waals surface area contributed by atoms with Gasteiger partial charge in [0.1, 0.15) is 0 Å². The maximum Gasteiger partial charge on any atom is 0.253 e. The van der Waals surface area contributed by atoms with Crippen molar-refractivity contribution >= 4 is 41.8 Å². The largest absolute Gasteiger partial charge is 0.337 e. The van der Waals surface area contributed by atoms with Gasteiger partial charge in [0.2, 0.25) is 0 Å². The summed E-state index contributed by atoms with van der Waals surface area (Å²) in [6.07, 6.45) is 0.847. The number of carbonyl (C=O) groups is 1. The van der Waals surface area contributed by atoms with E-state index in [1.54, 1.807) is 0 Å². The fourth-order valence-electron chi connectivity index (χ4n) is 2.90. The van der Waals surface area contributed by atoms with Gasteiger partial charge in [0.25, 0.3) is 5.91 Å². The Morgan fingerprint density at radius 2 is 1.65 bits per heavy atom. The maximum absolute atomic E-state index is 12.8. The quantitative estimate of drug-likeness (QED) is 0.744. The van der Waals surface area contributed by atoms with Crippen LogP contribution in [0.4, 0.5) is 0 Å². The minimum absolute atomic E-state index is 0. The topological polar surface area (TPSA) is 46.3 Å². The number of thioether (sulfide) groups is 2. The number of halogens is 1. The molecule has 0 spiro atoms. The third kappa shape index (κ3) is 5.68. The van der Waals surface area contributed by atoms with Crippen molar-refractivity contribution in [1.29, 1.82) is 0 Å². The highest BCUT2D eigenvalue weighted by Gasteiger charge is 2.19. The molecular formula is C20H25ClN2OS2. The molecule has 1 fully saturated rings. The number of rotatable bonds is 7. The Kier molecular flexibility index (Phi) is 8.85. The molecule has 1 saturated heterocycles. The zero-order chi connectivity index (χ0) is 17.5. The second-order valence-corrected chi connectivity index (χ2v) is 8.74. The summed E-state index contributed by atoms with van der Waals surface area (Å²) in [5, 5.41) is 0. The number of nitrogens with two attached hydrogens (primary N) is 1. The van der Waals surface area contributed by atoms with E-state index in [2.05, 4.69) is 24.3 Å². The molecule has 140 valence electrons. The minimum Gasteiger partial charge on any atom is -0.337 e. The number of hydrogen-bond donors (Lipinski definition) is 1. The van der Waals surface area contributed by atoms with E-state index in [9.17, 15) is 4.79 Å². The zero-order valence-corrected chi connectivity index (χ0v) is 17.1. The highest BCUT2D eigenvalue weighted by molar-refractivity contribution is 8.19. The van der Waals surface area contributed by atoms with Gasteiger partial charge in [-0.2, -0.15) is 0 Å². The molecule has 26 heavy (non-hydrogen) atoms. The number of benzene rings is 2. The van der Waals surface area contributed by atoms with Crippen LogP contribution in [-0.4, -0.2) is 41.9 Å². The summed E-state index contributed by atoms with van der Waals surface area (Å²) in [7, 11) is 0. The summed E-state index contributed by atoms with van der Waals surface area (Å²) in [5.41, 5.74) is 9.01. The highest BCUT2D eigenvalue weighted by atomic mass is 35.5. The Morgan fingerprint density at radius 3 is 2.27 bits per heavy atom. The Balaban J connectivity index is 0.00000243. The molecular weight excluding hydrogens is 384 g/mol. The summed E-state index contributed by atoms with van der Waals surface area (Å²) >= 11 is 3.96. The summed E-state index contributed by atoms with van der Waals surface area (Å²) in [4.78, 5) is 14.7. The van der Waals surface area contributed by atoms with Gasteiger partial charge in [-0.15, -0.1) is 35.9 Å². The van der Waals surface area contributed by atoms with Crippen LogP contribution in [0.5, 0.6) is 0 Å². The highest BCUT2D eigenvalue weighted by Crippen LogP contribution is 2.45. The first-order valence-electron chi connectivity index (χ1n) is 8.64. The number of carbonyl (C=O) groups excluding carboxylic acids is 1. The van der Waals surface area contributed by atoms with Gasteiger partial charge < -0.3 is 10.6 Å². The van der Waals surface area contributed by atoms with Crippen LogP contribution in [0.2, 0.25) is 0 Å². The Hall–Kier alpha value is -1.14. The van der Waals surface area contributed by atoms with Gasteiger partial charge in [-0.05, 0) is 29.7 Å². The van der Waals surface area contributed by atoms with Gasteiger partial charge in [0.05, 0.1) is 4.58 Å². The lowest BCUT2D eigenvalue weighted by Gasteiger charge is -2.22. The van der Waals surface area contributed by atoms with Gasteiger partial charge >= 0.3 is 0 Å². The fourth-order valence-corrected chi connectivity index (χ4v) is 5.76. The molecule has 0 aromatic heterocycles. The molecule has 2 aromatic rings. The third-order valence-electron chi connectivity index (χ3n) is 4.25. The van der Waals surface area contributed by atoms with E-state index < -0.39 is 0 Å². The first-order chi connectivity index (χ1) is 12.3. The Labute approximate surface area is 170 Å². The average molecular weight is 409 g/mol. The van der Waals surface area contributed by atoms with Crippen molar-refractivity contribution in [3.05, 3.63) is 71.3 Å². The molecule has 0 unspecified atom stereocenters. The summed E-state index contributed by atoms with van der Waals surface area (Å²) < 4.78 is 0.516. The van der Waals surface area contributed by atoms with Crippen molar-refractivity contribution in [2.24, 2.45) is 5.73 Å². The van der Waals surface area contributed by atoms with Crippen LogP contribution in [0, 0.1) is 0 Å². The molecule has 0 saturated carbocycles. The Morgan fingerprint density at radius 1 is 1.00 bits per heavy atom. The molecule has 3 nitrogen and oxygen atoms in total. The van der Waals surface area contributed by atoms with Gasteiger partial charge in [0, 0.05) is 36.7 Å². The third-order valence-corrected chi connectivity index (χ3v) is 7.36. The molecule has 1 amide bonds. The predicted molar refractivity (Wildman–Crippen MR) is 116 cm³/mol. The smallest absolute Gasteiger partial charge is 0.253 e. The van der Waals surface area contributed by atoms with Crippen LogP contribution in [0.3, 0.4) is 0 Å². The van der Waals surface area contributed by atoms with Crippen molar-refractivity contribution in [3.8, 4) is 0 Å². The van der Waals surface area contributed by atoms with E-state index in [1.807, 2.05) is 58.8 Å². The molecule has 0 bridgehead atoms. The van der Waals surface area contributed by atoms with E-state index in [1.165, 1.54) is 22.6 Å². The Bertz CT molecular complexity index is 676. The second-order valence-electron chi connectivity index (χ2n) is 6.01. The van der Waals surface area contributed by atoms with E-state index in [0.29, 0.717) is 24.2 Å². The molecule has 0 atom stereocenters. The molecule has 2 aromatic carbocycles. The van der Waals surface area contributed by atoms with Crippen LogP contribution in [0.25, 0.3) is 0 Å². The fraction of sp³-hybridized carbons (Fsp3) is 0.350. The van der Waals surface area contributed by atoms with Gasteiger partial charge in [-0.1, -0.05) is 42.5 Å². The molecule has 0 aliphatic carbocycles. The second kappa shape index (κ2) is 10.9. The lowest BCUT2D eigenvalue weighted by atomic mass is 10.1. The first kappa shape index (κ1) is 21.2. The van der Waals surface area contributed by atoms with Crippen molar-refractivity contribution in [2.45, 2.75) is 11.0 Å². The van der Waals surface area contributed by atoms with Crippen LogP contribution in [-0.2, 0) is 6.42 Å². The average Bonchev–Trinajstić information content (AvgIpc) is 3.20. The van der Waals surface area contributed by atoms with Crippen LogP contribution in [0.15, 0.2) is 54.6 Å². The summed E-state index contributed by atoms with van der Waals surface area (Å²) in [5.74, 6) is 2.49. The molecule has 0 radical (unpaired) electrons. The van der Waals surface area contributed by atoms with Gasteiger partial charge in [-0.25, -0.2) is 0 Å². The van der Waals surface area contributed by atoms with Crippen LogP contribution < -0.4 is 5.73 Å².